The molecule has 1 aliphatic heterocycles. The molecule has 3 aromatic rings. The molecule has 1 fully saturated rings. The van der Waals surface area contributed by atoms with Gasteiger partial charge in [0.2, 0.25) is 0 Å². The van der Waals surface area contributed by atoms with Gasteiger partial charge in [-0.05, 0) is 72.9 Å². The molecular formula is C26H26N2O5. The minimum atomic E-state index is -1.16. The first-order valence-electron chi connectivity index (χ1n) is 10.9. The van der Waals surface area contributed by atoms with Gasteiger partial charge in [-0.25, -0.2) is 4.79 Å². The molecule has 0 unspecified atom stereocenters. The van der Waals surface area contributed by atoms with Crippen LogP contribution in [-0.4, -0.2) is 42.3 Å². The predicted octanol–water partition coefficient (Wildman–Crippen LogP) is 5.01. The Morgan fingerprint density at radius 2 is 1.67 bits per heavy atom. The summed E-state index contributed by atoms with van der Waals surface area (Å²) >= 11 is 0. The van der Waals surface area contributed by atoms with Crippen molar-refractivity contribution in [2.45, 2.75) is 19.3 Å². The van der Waals surface area contributed by atoms with E-state index in [4.69, 9.17) is 4.74 Å². The maximum atomic E-state index is 13.1. The van der Waals surface area contributed by atoms with Crippen molar-refractivity contribution in [3.05, 3.63) is 71.8 Å². The van der Waals surface area contributed by atoms with Crippen molar-refractivity contribution in [2.24, 2.45) is 0 Å². The highest BCUT2D eigenvalue weighted by Crippen LogP contribution is 2.31. The zero-order valence-corrected chi connectivity index (χ0v) is 18.4. The number of benzene rings is 3. The van der Waals surface area contributed by atoms with Gasteiger partial charge in [0.25, 0.3) is 5.91 Å². The number of aromatic carboxylic acids is 1. The topological polar surface area (TPSA) is 99.1 Å². The largest absolute Gasteiger partial charge is 0.507 e. The maximum absolute atomic E-state index is 13.1. The van der Waals surface area contributed by atoms with E-state index in [2.05, 4.69) is 10.2 Å². The average molecular weight is 447 g/mol. The number of hydrogen-bond donors (Lipinski definition) is 3. The Kier molecular flexibility index (Phi) is 6.49. The van der Waals surface area contributed by atoms with Gasteiger partial charge in [-0.3, -0.25) is 4.79 Å². The number of piperidine rings is 1. The lowest BCUT2D eigenvalue weighted by atomic mass is 10.0. The molecule has 33 heavy (non-hydrogen) atoms. The zero-order valence-electron chi connectivity index (χ0n) is 18.4. The van der Waals surface area contributed by atoms with Crippen molar-refractivity contribution < 1.29 is 24.5 Å². The van der Waals surface area contributed by atoms with E-state index in [1.54, 1.807) is 31.4 Å². The number of rotatable bonds is 6. The minimum Gasteiger partial charge on any atom is -0.507 e. The van der Waals surface area contributed by atoms with Crippen LogP contribution < -0.4 is 15.0 Å². The number of carbonyl (C=O) groups excluding carboxylic acids is 1. The third-order valence-corrected chi connectivity index (χ3v) is 5.85. The molecule has 1 saturated heterocycles. The number of anilines is 2. The van der Waals surface area contributed by atoms with Crippen LogP contribution in [0.25, 0.3) is 11.1 Å². The van der Waals surface area contributed by atoms with E-state index in [9.17, 15) is 19.8 Å². The van der Waals surface area contributed by atoms with Crippen LogP contribution in [0.3, 0.4) is 0 Å². The van der Waals surface area contributed by atoms with Gasteiger partial charge in [-0.15, -0.1) is 0 Å². The number of nitrogens with one attached hydrogen (secondary N) is 1. The number of hydrogen-bond acceptors (Lipinski definition) is 5. The zero-order chi connectivity index (χ0) is 23.4. The van der Waals surface area contributed by atoms with Gasteiger partial charge in [-0.1, -0.05) is 18.2 Å². The Morgan fingerprint density at radius 3 is 2.39 bits per heavy atom. The lowest BCUT2D eigenvalue weighted by molar-refractivity contribution is 0.0698. The number of carboxylic acids is 1. The SMILES string of the molecule is COc1cccc(-c2ccc(C(=O)O)c(NC(=O)c3cc(N4CCCCC4)ccc3O)c2)c1. The Morgan fingerprint density at radius 1 is 0.909 bits per heavy atom. The molecule has 0 atom stereocenters. The average Bonchev–Trinajstić information content (AvgIpc) is 2.84. The number of aromatic hydroxyl groups is 1. The Balaban J connectivity index is 1.66. The smallest absolute Gasteiger partial charge is 0.337 e. The number of phenols is 1. The lowest BCUT2D eigenvalue weighted by Gasteiger charge is -2.29. The highest BCUT2D eigenvalue weighted by Gasteiger charge is 2.19. The second-order valence-electron chi connectivity index (χ2n) is 8.00. The van der Waals surface area contributed by atoms with Gasteiger partial charge < -0.3 is 25.2 Å². The molecule has 1 heterocycles. The first-order chi connectivity index (χ1) is 16.0. The number of carboxylic acid groups (broad SMARTS) is 1. The molecule has 0 saturated carbocycles. The fraction of sp³-hybridized carbons (Fsp3) is 0.231. The molecule has 0 spiro atoms. The first-order valence-corrected chi connectivity index (χ1v) is 10.9. The fourth-order valence-electron chi connectivity index (χ4n) is 4.06. The van der Waals surface area contributed by atoms with Crippen LogP contribution in [0, 0.1) is 0 Å². The number of ether oxygens (including phenoxy) is 1. The van der Waals surface area contributed by atoms with Gasteiger partial charge in [-0.2, -0.15) is 0 Å². The number of nitrogens with zero attached hydrogens (tertiary/aromatic N) is 1. The molecule has 1 amide bonds. The van der Waals surface area contributed by atoms with Crippen LogP contribution in [0.2, 0.25) is 0 Å². The van der Waals surface area contributed by atoms with Crippen molar-refractivity contribution >= 4 is 23.3 Å². The Hall–Kier alpha value is -4.00. The first kappa shape index (κ1) is 22.2. The highest BCUT2D eigenvalue weighted by molar-refractivity contribution is 6.10. The minimum absolute atomic E-state index is 0.0401. The van der Waals surface area contributed by atoms with E-state index in [1.165, 1.54) is 18.6 Å². The van der Waals surface area contributed by atoms with E-state index < -0.39 is 11.9 Å². The molecule has 0 aromatic heterocycles. The number of carbonyl (C=O) groups is 2. The fourth-order valence-corrected chi connectivity index (χ4v) is 4.06. The summed E-state index contributed by atoms with van der Waals surface area (Å²) in [5, 5.41) is 22.7. The monoisotopic (exact) mass is 446 g/mol. The van der Waals surface area contributed by atoms with Crippen LogP contribution in [0.15, 0.2) is 60.7 Å². The summed E-state index contributed by atoms with van der Waals surface area (Å²) < 4.78 is 5.27. The summed E-state index contributed by atoms with van der Waals surface area (Å²) in [5.74, 6) is -1.22. The third-order valence-electron chi connectivity index (χ3n) is 5.85. The summed E-state index contributed by atoms with van der Waals surface area (Å²) in [4.78, 5) is 27.1. The van der Waals surface area contributed by atoms with Crippen molar-refractivity contribution in [1.82, 2.24) is 0 Å². The summed E-state index contributed by atoms with van der Waals surface area (Å²) in [7, 11) is 1.57. The highest BCUT2D eigenvalue weighted by atomic mass is 16.5. The Labute approximate surface area is 192 Å². The van der Waals surface area contributed by atoms with Crippen LogP contribution in [0.4, 0.5) is 11.4 Å². The molecule has 3 aromatic carbocycles. The molecule has 0 radical (unpaired) electrons. The van der Waals surface area contributed by atoms with Crippen molar-refractivity contribution in [3.8, 4) is 22.6 Å². The summed E-state index contributed by atoms with van der Waals surface area (Å²) in [5.41, 5.74) is 2.61. The van der Waals surface area contributed by atoms with E-state index in [1.807, 2.05) is 24.3 Å². The second-order valence-corrected chi connectivity index (χ2v) is 8.00. The van der Waals surface area contributed by atoms with E-state index in [0.717, 1.165) is 42.7 Å². The summed E-state index contributed by atoms with van der Waals surface area (Å²) in [6, 6.07) is 17.1. The standard InChI is InChI=1S/C26H26N2O5/c1-33-20-7-5-6-17(14-20)18-8-10-21(26(31)32)23(15-18)27-25(30)22-16-19(9-11-24(22)29)28-12-3-2-4-13-28/h5-11,14-16,29H,2-4,12-13H2,1H3,(H,27,30)(H,31,32). The quantitative estimate of drug-likeness (QED) is 0.492. The molecule has 7 heteroatoms. The van der Waals surface area contributed by atoms with Crippen LogP contribution in [-0.2, 0) is 0 Å². The molecule has 7 nitrogen and oxygen atoms in total. The van der Waals surface area contributed by atoms with E-state index in [0.29, 0.717) is 5.75 Å². The van der Waals surface area contributed by atoms with Crippen LogP contribution >= 0.6 is 0 Å². The normalized spacial score (nSPS) is 13.4. The molecular weight excluding hydrogens is 420 g/mol. The predicted molar refractivity (Wildman–Crippen MR) is 128 cm³/mol. The Bertz CT molecular complexity index is 1190. The summed E-state index contributed by atoms with van der Waals surface area (Å²) in [6.45, 7) is 1.80. The van der Waals surface area contributed by atoms with E-state index in [-0.39, 0.29) is 22.6 Å². The number of amides is 1. The van der Waals surface area contributed by atoms with Crippen LogP contribution in [0.5, 0.6) is 11.5 Å². The molecule has 3 N–H and O–H groups in total. The molecule has 0 aliphatic carbocycles. The third kappa shape index (κ3) is 4.92. The van der Waals surface area contributed by atoms with Gasteiger partial charge in [0.05, 0.1) is 23.9 Å². The van der Waals surface area contributed by atoms with Gasteiger partial charge in [0.15, 0.2) is 0 Å². The van der Waals surface area contributed by atoms with Gasteiger partial charge >= 0.3 is 5.97 Å². The van der Waals surface area contributed by atoms with Gasteiger partial charge in [0, 0.05) is 18.8 Å². The van der Waals surface area contributed by atoms with Crippen molar-refractivity contribution in [2.75, 3.05) is 30.4 Å². The van der Waals surface area contributed by atoms with Gasteiger partial charge in [0.1, 0.15) is 11.5 Å². The van der Waals surface area contributed by atoms with E-state index >= 15 is 0 Å². The second kappa shape index (κ2) is 9.65. The number of phenolic OH excluding ortho intramolecular Hbond substituents is 1. The summed E-state index contributed by atoms with van der Waals surface area (Å²) in [6.07, 6.45) is 3.35. The maximum Gasteiger partial charge on any atom is 0.337 e. The molecule has 1 aliphatic rings. The van der Waals surface area contributed by atoms with Crippen molar-refractivity contribution in [3.63, 3.8) is 0 Å². The molecule has 0 bridgehead atoms. The number of methoxy groups -OCH3 is 1. The van der Waals surface area contributed by atoms with Crippen molar-refractivity contribution in [1.29, 1.82) is 0 Å². The lowest BCUT2D eigenvalue weighted by Crippen LogP contribution is -2.29. The van der Waals surface area contributed by atoms with Crippen LogP contribution in [0.1, 0.15) is 40.0 Å². The molecule has 4 rings (SSSR count). The molecule has 170 valence electrons.